The second kappa shape index (κ2) is 5.25. The highest BCUT2D eigenvalue weighted by atomic mass is 19.4. The Hall–Kier alpha value is -0.780. The quantitative estimate of drug-likeness (QED) is 0.835. The Kier molecular flexibility index (Phi) is 4.41. The van der Waals surface area contributed by atoms with Gasteiger partial charge in [-0.3, -0.25) is 4.79 Å². The number of alkyl halides is 3. The zero-order valence-electron chi connectivity index (χ0n) is 10.0. The minimum atomic E-state index is -4.23. The van der Waals surface area contributed by atoms with Crippen LogP contribution in [-0.2, 0) is 4.79 Å². The maximum absolute atomic E-state index is 12.0. The van der Waals surface area contributed by atoms with Crippen LogP contribution in [0.3, 0.4) is 0 Å². The van der Waals surface area contributed by atoms with E-state index in [0.717, 1.165) is 24.2 Å². The van der Waals surface area contributed by atoms with Gasteiger partial charge in [0.05, 0.1) is 12.0 Å². The molecule has 0 atom stereocenters. The van der Waals surface area contributed by atoms with Crippen LogP contribution in [0.25, 0.3) is 0 Å². The molecular weight excluding hydrogens is 233 g/mol. The molecule has 1 saturated carbocycles. The van der Waals surface area contributed by atoms with Gasteiger partial charge in [0.25, 0.3) is 0 Å². The summed E-state index contributed by atoms with van der Waals surface area (Å²) in [5.74, 6) is -0.360. The third kappa shape index (κ3) is 4.18. The maximum atomic E-state index is 12.0. The topological polar surface area (TPSA) is 46.3 Å². The van der Waals surface area contributed by atoms with E-state index in [-0.39, 0.29) is 12.5 Å². The Labute approximate surface area is 99.1 Å². The third-order valence-corrected chi connectivity index (χ3v) is 3.25. The van der Waals surface area contributed by atoms with Crippen LogP contribution in [0.1, 0.15) is 38.5 Å². The lowest BCUT2D eigenvalue weighted by molar-refractivity contribution is -0.147. The molecule has 1 aliphatic carbocycles. The predicted molar refractivity (Wildman–Crippen MR) is 58.3 cm³/mol. The van der Waals surface area contributed by atoms with E-state index in [0.29, 0.717) is 12.8 Å². The molecule has 0 spiro atoms. The van der Waals surface area contributed by atoms with Gasteiger partial charge in [0.15, 0.2) is 0 Å². The second-order valence-electron chi connectivity index (χ2n) is 4.81. The Morgan fingerprint density at radius 1 is 1.29 bits per heavy atom. The molecule has 0 aromatic rings. The SMILES string of the molecule is CN(CCC(F)(F)F)C(=O)C1(N)CCCCC1. The summed E-state index contributed by atoms with van der Waals surface area (Å²) >= 11 is 0. The highest BCUT2D eigenvalue weighted by Crippen LogP contribution is 2.28. The summed E-state index contributed by atoms with van der Waals surface area (Å²) in [6, 6.07) is 0. The molecule has 17 heavy (non-hydrogen) atoms. The summed E-state index contributed by atoms with van der Waals surface area (Å²) in [6.45, 7) is -0.318. The lowest BCUT2D eigenvalue weighted by Crippen LogP contribution is -2.55. The molecule has 1 rings (SSSR count). The fourth-order valence-electron chi connectivity index (χ4n) is 2.17. The molecule has 0 heterocycles. The van der Waals surface area contributed by atoms with E-state index in [1.807, 2.05) is 0 Å². The molecule has 3 nitrogen and oxygen atoms in total. The number of likely N-dealkylation sites (N-methyl/N-ethyl adjacent to an activating group) is 1. The number of carbonyl (C=O) groups excluding carboxylic acids is 1. The van der Waals surface area contributed by atoms with Gasteiger partial charge in [-0.15, -0.1) is 0 Å². The van der Waals surface area contributed by atoms with Gasteiger partial charge in [-0.2, -0.15) is 13.2 Å². The highest BCUT2D eigenvalue weighted by Gasteiger charge is 2.38. The van der Waals surface area contributed by atoms with Crippen molar-refractivity contribution >= 4 is 5.91 Å². The molecule has 0 aromatic heterocycles. The van der Waals surface area contributed by atoms with Crippen LogP contribution in [0.15, 0.2) is 0 Å². The summed E-state index contributed by atoms with van der Waals surface area (Å²) in [5, 5.41) is 0. The standard InChI is InChI=1S/C11H19F3N2O/c1-16(8-7-11(12,13)14)9(17)10(15)5-3-2-4-6-10/h2-8,15H2,1H3. The molecular formula is C11H19F3N2O. The van der Waals surface area contributed by atoms with Crippen LogP contribution in [0.5, 0.6) is 0 Å². The fraction of sp³-hybridized carbons (Fsp3) is 0.909. The van der Waals surface area contributed by atoms with Crippen molar-refractivity contribution in [1.82, 2.24) is 4.90 Å². The minimum absolute atomic E-state index is 0.318. The number of hydrogen-bond acceptors (Lipinski definition) is 2. The first-order valence-corrected chi connectivity index (χ1v) is 5.86. The molecule has 0 radical (unpaired) electrons. The number of nitrogens with zero attached hydrogens (tertiary/aromatic N) is 1. The molecule has 0 aliphatic heterocycles. The smallest absolute Gasteiger partial charge is 0.344 e. The number of amides is 1. The molecule has 6 heteroatoms. The van der Waals surface area contributed by atoms with E-state index in [4.69, 9.17) is 5.73 Å². The van der Waals surface area contributed by atoms with Crippen LogP contribution in [0.2, 0.25) is 0 Å². The molecule has 0 aromatic carbocycles. The van der Waals surface area contributed by atoms with Crippen molar-refractivity contribution in [2.24, 2.45) is 5.73 Å². The van der Waals surface area contributed by atoms with Gasteiger partial charge in [-0.1, -0.05) is 19.3 Å². The molecule has 2 N–H and O–H groups in total. The minimum Gasteiger partial charge on any atom is -0.344 e. The third-order valence-electron chi connectivity index (χ3n) is 3.25. The van der Waals surface area contributed by atoms with E-state index in [1.54, 1.807) is 0 Å². The van der Waals surface area contributed by atoms with Crippen molar-refractivity contribution in [2.45, 2.75) is 50.2 Å². The second-order valence-corrected chi connectivity index (χ2v) is 4.81. The lowest BCUT2D eigenvalue weighted by Gasteiger charge is -2.35. The molecule has 0 saturated heterocycles. The van der Waals surface area contributed by atoms with E-state index in [1.165, 1.54) is 7.05 Å². The van der Waals surface area contributed by atoms with Crippen LogP contribution >= 0.6 is 0 Å². The molecule has 1 aliphatic rings. The van der Waals surface area contributed by atoms with Gasteiger partial charge >= 0.3 is 6.18 Å². The number of rotatable bonds is 3. The zero-order valence-corrected chi connectivity index (χ0v) is 10.0. The van der Waals surface area contributed by atoms with Crippen molar-refractivity contribution in [3.05, 3.63) is 0 Å². The van der Waals surface area contributed by atoms with Crippen LogP contribution in [0.4, 0.5) is 13.2 Å². The largest absolute Gasteiger partial charge is 0.390 e. The van der Waals surface area contributed by atoms with Gasteiger partial charge in [0, 0.05) is 13.6 Å². The van der Waals surface area contributed by atoms with Gasteiger partial charge in [-0.25, -0.2) is 0 Å². The summed E-state index contributed by atoms with van der Waals surface area (Å²) < 4.78 is 36.1. The Morgan fingerprint density at radius 3 is 2.29 bits per heavy atom. The summed E-state index contributed by atoms with van der Waals surface area (Å²) in [6.07, 6.45) is -1.29. The van der Waals surface area contributed by atoms with E-state index in [9.17, 15) is 18.0 Å². The van der Waals surface area contributed by atoms with E-state index in [2.05, 4.69) is 0 Å². The van der Waals surface area contributed by atoms with Crippen LogP contribution in [-0.4, -0.2) is 36.1 Å². The normalized spacial score (nSPS) is 20.1. The average Bonchev–Trinajstić information content (AvgIpc) is 2.25. The first kappa shape index (κ1) is 14.3. The summed E-state index contributed by atoms with van der Waals surface area (Å²) in [4.78, 5) is 13.1. The predicted octanol–water partition coefficient (Wildman–Crippen LogP) is 2.06. The van der Waals surface area contributed by atoms with Gasteiger partial charge < -0.3 is 10.6 Å². The zero-order chi connectivity index (χ0) is 13.1. The average molecular weight is 252 g/mol. The Morgan fingerprint density at radius 2 is 1.82 bits per heavy atom. The number of halogens is 3. The van der Waals surface area contributed by atoms with Gasteiger partial charge in [-0.05, 0) is 12.8 Å². The van der Waals surface area contributed by atoms with Gasteiger partial charge in [0.2, 0.25) is 5.91 Å². The molecule has 0 bridgehead atoms. The van der Waals surface area contributed by atoms with Gasteiger partial charge in [0.1, 0.15) is 0 Å². The van der Waals surface area contributed by atoms with Crippen LogP contribution in [0, 0.1) is 0 Å². The molecule has 100 valence electrons. The first-order chi connectivity index (χ1) is 7.75. The lowest BCUT2D eigenvalue weighted by atomic mass is 9.81. The van der Waals surface area contributed by atoms with Crippen molar-refractivity contribution in [3.8, 4) is 0 Å². The highest BCUT2D eigenvalue weighted by molar-refractivity contribution is 5.86. The molecule has 0 unspecified atom stereocenters. The monoisotopic (exact) mass is 252 g/mol. The number of hydrogen-bond donors (Lipinski definition) is 1. The number of carbonyl (C=O) groups is 1. The van der Waals surface area contributed by atoms with Crippen molar-refractivity contribution in [2.75, 3.05) is 13.6 Å². The van der Waals surface area contributed by atoms with E-state index < -0.39 is 18.1 Å². The fourth-order valence-corrected chi connectivity index (χ4v) is 2.17. The van der Waals surface area contributed by atoms with Crippen molar-refractivity contribution in [1.29, 1.82) is 0 Å². The Balaban J connectivity index is 2.50. The van der Waals surface area contributed by atoms with Crippen LogP contribution < -0.4 is 5.73 Å². The summed E-state index contributed by atoms with van der Waals surface area (Å²) in [5.41, 5.74) is 5.02. The molecule has 1 amide bonds. The Bertz CT molecular complexity index is 272. The number of nitrogens with two attached hydrogens (primary N) is 1. The first-order valence-electron chi connectivity index (χ1n) is 5.86. The van der Waals surface area contributed by atoms with E-state index >= 15 is 0 Å². The van der Waals surface area contributed by atoms with Crippen molar-refractivity contribution in [3.63, 3.8) is 0 Å². The maximum Gasteiger partial charge on any atom is 0.390 e. The molecule has 1 fully saturated rings. The van der Waals surface area contributed by atoms with Crippen molar-refractivity contribution < 1.29 is 18.0 Å². The summed E-state index contributed by atoms with van der Waals surface area (Å²) in [7, 11) is 1.39.